The van der Waals surface area contributed by atoms with Crippen molar-refractivity contribution in [2.45, 2.75) is 25.8 Å². The van der Waals surface area contributed by atoms with Crippen LogP contribution in [0.2, 0.25) is 5.02 Å². The second-order valence-corrected chi connectivity index (χ2v) is 8.10. The molecule has 0 spiro atoms. The number of hydrogen-bond acceptors (Lipinski definition) is 2. The van der Waals surface area contributed by atoms with E-state index in [2.05, 4.69) is 46.3 Å². The lowest BCUT2D eigenvalue weighted by molar-refractivity contribution is 0.0284. The summed E-state index contributed by atoms with van der Waals surface area (Å²) in [7, 11) is 0. The smallest absolute Gasteiger partial charge is 0.0502 e. The Labute approximate surface area is 159 Å². The molecule has 2 heterocycles. The van der Waals surface area contributed by atoms with Gasteiger partial charge in [-0.2, -0.15) is 0 Å². The summed E-state index contributed by atoms with van der Waals surface area (Å²) in [6, 6.07) is 18.7. The lowest BCUT2D eigenvalue weighted by Gasteiger charge is -2.42. The van der Waals surface area contributed by atoms with Crippen LogP contribution in [0.15, 0.2) is 54.6 Å². The number of hydrogen-bond donors (Lipinski definition) is 2. The van der Waals surface area contributed by atoms with Gasteiger partial charge in [-0.25, -0.2) is 0 Å². The van der Waals surface area contributed by atoms with Crippen LogP contribution in [0.3, 0.4) is 0 Å². The van der Waals surface area contributed by atoms with Gasteiger partial charge in [-0.1, -0.05) is 41.9 Å². The van der Waals surface area contributed by atoms with E-state index in [1.54, 1.807) is 0 Å². The van der Waals surface area contributed by atoms with Gasteiger partial charge in [-0.05, 0) is 61.0 Å². The van der Waals surface area contributed by atoms with Gasteiger partial charge in [-0.15, -0.1) is 0 Å². The van der Waals surface area contributed by atoms with E-state index in [9.17, 15) is 5.11 Å². The largest absolute Gasteiger partial charge is 0.396 e. The van der Waals surface area contributed by atoms with Crippen molar-refractivity contribution in [3.63, 3.8) is 0 Å². The van der Waals surface area contributed by atoms with Crippen molar-refractivity contribution < 1.29 is 5.11 Å². The number of rotatable bonds is 5. The predicted octanol–water partition coefficient (Wildman–Crippen LogP) is 4.64. The second kappa shape index (κ2) is 7.43. The highest BCUT2D eigenvalue weighted by molar-refractivity contribution is 6.30. The van der Waals surface area contributed by atoms with Crippen LogP contribution in [0.1, 0.15) is 24.1 Å². The monoisotopic (exact) mass is 368 g/mol. The molecule has 2 N–H and O–H groups in total. The minimum atomic E-state index is -0.0883. The van der Waals surface area contributed by atoms with E-state index < -0.39 is 0 Å². The lowest BCUT2D eigenvalue weighted by Crippen LogP contribution is -2.46. The van der Waals surface area contributed by atoms with Gasteiger partial charge in [0.25, 0.3) is 0 Å². The molecule has 0 radical (unpaired) electrons. The second-order valence-electron chi connectivity index (χ2n) is 7.66. The number of halogens is 1. The molecular weight excluding hydrogens is 344 g/mol. The molecule has 26 heavy (non-hydrogen) atoms. The maximum absolute atomic E-state index is 10.2. The van der Waals surface area contributed by atoms with Gasteiger partial charge >= 0.3 is 0 Å². The summed E-state index contributed by atoms with van der Waals surface area (Å²) in [4.78, 5) is 5.99. The number of likely N-dealkylation sites (tertiary alicyclic amines) is 1. The summed E-state index contributed by atoms with van der Waals surface area (Å²) in [6.07, 6.45) is 3.04. The molecule has 3 nitrogen and oxygen atoms in total. The van der Waals surface area contributed by atoms with E-state index >= 15 is 0 Å². The SMILES string of the molecule is OCC1(Cc2cccc(Cl)c2)CCCN(Cc2cc3ccccc3[nH]2)C1. The molecule has 4 rings (SSSR count). The lowest BCUT2D eigenvalue weighted by atomic mass is 9.75. The molecule has 0 aliphatic carbocycles. The standard InChI is InChI=1S/C22H25ClN2O/c23-19-7-3-5-17(11-19)13-22(16-26)9-4-10-25(15-22)14-20-12-18-6-1-2-8-21(18)24-20/h1-3,5-8,11-12,24,26H,4,9-10,13-16H2. The van der Waals surface area contributed by atoms with Crippen molar-refractivity contribution in [2.24, 2.45) is 5.41 Å². The molecule has 2 aromatic carbocycles. The Kier molecular flexibility index (Phi) is 5.03. The van der Waals surface area contributed by atoms with Crippen molar-refractivity contribution in [1.82, 2.24) is 9.88 Å². The minimum Gasteiger partial charge on any atom is -0.396 e. The first-order valence-corrected chi connectivity index (χ1v) is 9.68. The van der Waals surface area contributed by atoms with E-state index in [4.69, 9.17) is 11.6 Å². The quantitative estimate of drug-likeness (QED) is 0.688. The topological polar surface area (TPSA) is 39.3 Å². The molecule has 0 saturated carbocycles. The molecule has 0 bridgehead atoms. The van der Waals surface area contributed by atoms with E-state index in [1.165, 1.54) is 22.2 Å². The summed E-state index contributed by atoms with van der Waals surface area (Å²) in [6.45, 7) is 3.09. The fourth-order valence-corrected chi connectivity index (χ4v) is 4.53. The molecule has 0 amide bonds. The molecule has 1 aromatic heterocycles. The molecule has 1 unspecified atom stereocenters. The van der Waals surface area contributed by atoms with Crippen LogP contribution in [0.5, 0.6) is 0 Å². The van der Waals surface area contributed by atoms with Crippen LogP contribution in [0.25, 0.3) is 10.9 Å². The number of benzene rings is 2. The first-order chi connectivity index (χ1) is 12.7. The summed E-state index contributed by atoms with van der Waals surface area (Å²) in [5, 5.41) is 12.2. The molecule has 1 aliphatic heterocycles. The highest BCUT2D eigenvalue weighted by Gasteiger charge is 2.35. The first kappa shape index (κ1) is 17.6. The third kappa shape index (κ3) is 3.80. The van der Waals surface area contributed by atoms with Crippen LogP contribution in [0, 0.1) is 5.41 Å². The highest BCUT2D eigenvalue weighted by atomic mass is 35.5. The maximum atomic E-state index is 10.2. The summed E-state index contributed by atoms with van der Waals surface area (Å²) < 4.78 is 0. The van der Waals surface area contributed by atoms with Crippen LogP contribution in [0.4, 0.5) is 0 Å². The van der Waals surface area contributed by atoms with Gasteiger partial charge in [0.15, 0.2) is 0 Å². The van der Waals surface area contributed by atoms with Crippen LogP contribution in [-0.4, -0.2) is 34.7 Å². The number of aromatic amines is 1. The molecule has 3 aromatic rings. The average Bonchev–Trinajstić information content (AvgIpc) is 3.04. The van der Waals surface area contributed by atoms with E-state index in [0.29, 0.717) is 0 Å². The molecule has 1 atom stereocenters. The molecular formula is C22H25ClN2O. The van der Waals surface area contributed by atoms with Crippen molar-refractivity contribution in [3.05, 3.63) is 70.9 Å². The van der Waals surface area contributed by atoms with Crippen molar-refractivity contribution in [1.29, 1.82) is 0 Å². The van der Waals surface area contributed by atoms with Crippen molar-refractivity contribution in [3.8, 4) is 0 Å². The number of para-hydroxylation sites is 1. The normalized spacial score (nSPS) is 21.3. The molecule has 136 valence electrons. The number of H-pyrrole nitrogens is 1. The average molecular weight is 369 g/mol. The van der Waals surface area contributed by atoms with Gasteiger partial charge in [0, 0.05) is 34.7 Å². The number of piperidine rings is 1. The number of aliphatic hydroxyl groups is 1. The Balaban J connectivity index is 1.49. The van der Waals surface area contributed by atoms with E-state index in [-0.39, 0.29) is 12.0 Å². The highest BCUT2D eigenvalue weighted by Crippen LogP contribution is 2.34. The first-order valence-electron chi connectivity index (χ1n) is 9.30. The number of aliphatic hydroxyl groups excluding tert-OH is 1. The Bertz CT molecular complexity index is 857. The minimum absolute atomic E-state index is 0.0883. The Morgan fingerprint density at radius 1 is 1.12 bits per heavy atom. The maximum Gasteiger partial charge on any atom is 0.0502 e. The Morgan fingerprint density at radius 2 is 2.00 bits per heavy atom. The fraction of sp³-hybridized carbons (Fsp3) is 0.364. The molecule has 1 aliphatic rings. The third-order valence-corrected chi connectivity index (χ3v) is 5.76. The van der Waals surface area contributed by atoms with E-state index in [1.807, 2.05) is 18.2 Å². The van der Waals surface area contributed by atoms with Crippen molar-refractivity contribution in [2.75, 3.05) is 19.7 Å². The Hall–Kier alpha value is -1.81. The van der Waals surface area contributed by atoms with Gasteiger partial charge < -0.3 is 10.1 Å². The Morgan fingerprint density at radius 3 is 2.81 bits per heavy atom. The summed E-state index contributed by atoms with van der Waals surface area (Å²) >= 11 is 6.15. The van der Waals surface area contributed by atoms with Gasteiger partial charge in [0.2, 0.25) is 0 Å². The van der Waals surface area contributed by atoms with Crippen LogP contribution in [-0.2, 0) is 13.0 Å². The van der Waals surface area contributed by atoms with Gasteiger partial charge in [0.1, 0.15) is 0 Å². The van der Waals surface area contributed by atoms with Crippen LogP contribution < -0.4 is 0 Å². The number of fused-ring (bicyclic) bond motifs is 1. The number of nitrogens with zero attached hydrogens (tertiary/aromatic N) is 1. The zero-order valence-electron chi connectivity index (χ0n) is 14.9. The molecule has 1 saturated heterocycles. The zero-order chi connectivity index (χ0) is 18.0. The number of aromatic nitrogens is 1. The predicted molar refractivity (Wildman–Crippen MR) is 107 cm³/mol. The fourth-order valence-electron chi connectivity index (χ4n) is 4.31. The number of nitrogens with one attached hydrogen (secondary N) is 1. The molecule has 1 fully saturated rings. The summed E-state index contributed by atoms with van der Waals surface area (Å²) in [5.74, 6) is 0. The van der Waals surface area contributed by atoms with E-state index in [0.717, 1.165) is 43.9 Å². The third-order valence-electron chi connectivity index (χ3n) is 5.52. The zero-order valence-corrected chi connectivity index (χ0v) is 15.7. The summed E-state index contributed by atoms with van der Waals surface area (Å²) in [5.41, 5.74) is 3.54. The van der Waals surface area contributed by atoms with Crippen LogP contribution >= 0.6 is 11.6 Å². The van der Waals surface area contributed by atoms with Gasteiger partial charge in [-0.3, -0.25) is 4.90 Å². The molecule has 4 heteroatoms. The van der Waals surface area contributed by atoms with Crippen molar-refractivity contribution >= 4 is 22.5 Å². The van der Waals surface area contributed by atoms with Gasteiger partial charge in [0.05, 0.1) is 6.61 Å².